The minimum atomic E-state index is 0.439. The minimum Gasteiger partial charge on any atom is -0.497 e. The number of aromatic nitrogens is 1. The van der Waals surface area contributed by atoms with E-state index in [0.717, 1.165) is 18.7 Å². The van der Waals surface area contributed by atoms with Gasteiger partial charge < -0.3 is 15.0 Å². The van der Waals surface area contributed by atoms with E-state index in [1.54, 1.807) is 7.11 Å². The Morgan fingerprint density at radius 1 is 1.38 bits per heavy atom. The smallest absolute Gasteiger partial charge is 0.119 e. The van der Waals surface area contributed by atoms with Crippen LogP contribution in [0.4, 0.5) is 0 Å². The fourth-order valence-electron chi connectivity index (χ4n) is 3.79. The van der Waals surface area contributed by atoms with Crippen molar-refractivity contribution >= 4 is 10.9 Å². The Kier molecular flexibility index (Phi) is 5.30. The van der Waals surface area contributed by atoms with E-state index in [2.05, 4.69) is 49.3 Å². The highest BCUT2D eigenvalue weighted by Gasteiger charge is 2.25. The fourth-order valence-corrected chi connectivity index (χ4v) is 3.79. The maximum Gasteiger partial charge on any atom is 0.119 e. The number of rotatable bonds is 6. The Bertz CT molecular complexity index is 725. The summed E-state index contributed by atoms with van der Waals surface area (Å²) in [5.41, 5.74) is 5.51. The van der Waals surface area contributed by atoms with Crippen LogP contribution in [0.25, 0.3) is 10.9 Å². The second-order valence-corrected chi connectivity index (χ2v) is 7.39. The van der Waals surface area contributed by atoms with E-state index in [9.17, 15) is 0 Å². The number of benzene rings is 1. The summed E-state index contributed by atoms with van der Waals surface area (Å²) in [5, 5.41) is 5.04. The predicted octanol–water partition coefficient (Wildman–Crippen LogP) is 5.14. The molecule has 1 aromatic heterocycles. The third-order valence-electron chi connectivity index (χ3n) is 5.11. The molecule has 2 aromatic rings. The standard InChI is InChI=1S/C21H30N2O/c1-14(2)6-5-7-15(3)12-20-21-17(10-11-22-20)18-13-16(24-4)8-9-19(18)23-21/h6,8-9,13,15,20,22-23H,5,7,10-12H2,1-4H3/t15-,20-/m0/s1. The molecule has 0 bridgehead atoms. The van der Waals surface area contributed by atoms with Gasteiger partial charge in [0.1, 0.15) is 5.75 Å². The molecule has 0 spiro atoms. The van der Waals surface area contributed by atoms with Crippen LogP contribution in [0.15, 0.2) is 29.8 Å². The third-order valence-corrected chi connectivity index (χ3v) is 5.11. The van der Waals surface area contributed by atoms with Crippen molar-refractivity contribution in [2.75, 3.05) is 13.7 Å². The highest BCUT2D eigenvalue weighted by molar-refractivity contribution is 5.86. The quantitative estimate of drug-likeness (QED) is 0.722. The monoisotopic (exact) mass is 326 g/mol. The minimum absolute atomic E-state index is 0.439. The Balaban J connectivity index is 1.77. The van der Waals surface area contributed by atoms with Crippen molar-refractivity contribution < 1.29 is 4.74 Å². The van der Waals surface area contributed by atoms with Crippen LogP contribution in [0, 0.1) is 5.92 Å². The molecule has 2 atom stereocenters. The molecule has 3 heteroatoms. The summed E-state index contributed by atoms with van der Waals surface area (Å²) in [6, 6.07) is 6.79. The molecule has 0 saturated heterocycles. The van der Waals surface area contributed by atoms with Crippen LogP contribution >= 0.6 is 0 Å². The molecule has 0 unspecified atom stereocenters. The van der Waals surface area contributed by atoms with Gasteiger partial charge >= 0.3 is 0 Å². The molecule has 0 amide bonds. The Morgan fingerprint density at radius 3 is 2.96 bits per heavy atom. The summed E-state index contributed by atoms with van der Waals surface area (Å²) in [6.45, 7) is 7.79. The zero-order valence-electron chi connectivity index (χ0n) is 15.4. The number of methoxy groups -OCH3 is 1. The van der Waals surface area contributed by atoms with E-state index in [-0.39, 0.29) is 0 Å². The highest BCUT2D eigenvalue weighted by Crippen LogP contribution is 2.35. The Hall–Kier alpha value is -1.74. The topological polar surface area (TPSA) is 37.0 Å². The first kappa shape index (κ1) is 17.1. The van der Waals surface area contributed by atoms with E-state index in [1.165, 1.54) is 47.0 Å². The maximum atomic E-state index is 5.40. The molecule has 2 N–H and O–H groups in total. The Morgan fingerprint density at radius 2 is 2.21 bits per heavy atom. The summed E-state index contributed by atoms with van der Waals surface area (Å²) in [6.07, 6.45) is 7.07. The summed E-state index contributed by atoms with van der Waals surface area (Å²) in [7, 11) is 1.73. The van der Waals surface area contributed by atoms with E-state index in [0.29, 0.717) is 12.0 Å². The summed E-state index contributed by atoms with van der Waals surface area (Å²) >= 11 is 0. The molecule has 0 radical (unpaired) electrons. The maximum absolute atomic E-state index is 5.40. The van der Waals surface area contributed by atoms with Gasteiger partial charge in [-0.05, 0) is 75.8 Å². The van der Waals surface area contributed by atoms with Gasteiger partial charge in [-0.1, -0.05) is 18.6 Å². The molecule has 0 aliphatic carbocycles. The number of ether oxygens (including phenoxy) is 1. The molecule has 3 nitrogen and oxygen atoms in total. The molecule has 24 heavy (non-hydrogen) atoms. The first-order valence-corrected chi connectivity index (χ1v) is 9.13. The lowest BCUT2D eigenvalue weighted by atomic mass is 9.90. The number of hydrogen-bond donors (Lipinski definition) is 2. The number of aromatic amines is 1. The molecule has 0 fully saturated rings. The zero-order chi connectivity index (χ0) is 17.1. The van der Waals surface area contributed by atoms with Crippen molar-refractivity contribution in [2.45, 2.75) is 52.5 Å². The van der Waals surface area contributed by atoms with Crippen molar-refractivity contribution in [1.29, 1.82) is 0 Å². The third kappa shape index (κ3) is 3.67. The predicted molar refractivity (Wildman–Crippen MR) is 102 cm³/mol. The molecular formula is C21H30N2O. The van der Waals surface area contributed by atoms with Gasteiger partial charge in [-0.3, -0.25) is 0 Å². The lowest BCUT2D eigenvalue weighted by Crippen LogP contribution is -2.30. The van der Waals surface area contributed by atoms with Gasteiger partial charge in [0.25, 0.3) is 0 Å². The summed E-state index contributed by atoms with van der Waals surface area (Å²) in [4.78, 5) is 3.67. The molecule has 1 aromatic carbocycles. The molecule has 1 aliphatic rings. The second kappa shape index (κ2) is 7.43. The molecule has 0 saturated carbocycles. The van der Waals surface area contributed by atoms with Crippen molar-refractivity contribution in [2.24, 2.45) is 5.92 Å². The fraction of sp³-hybridized carbons (Fsp3) is 0.524. The molecular weight excluding hydrogens is 296 g/mol. The van der Waals surface area contributed by atoms with Crippen LogP contribution in [-0.4, -0.2) is 18.6 Å². The number of H-pyrrole nitrogens is 1. The summed E-state index contributed by atoms with van der Waals surface area (Å²) < 4.78 is 5.40. The van der Waals surface area contributed by atoms with Crippen LogP contribution in [0.3, 0.4) is 0 Å². The highest BCUT2D eigenvalue weighted by atomic mass is 16.5. The lowest BCUT2D eigenvalue weighted by Gasteiger charge is -2.27. The van der Waals surface area contributed by atoms with Crippen molar-refractivity contribution in [3.8, 4) is 5.75 Å². The lowest BCUT2D eigenvalue weighted by molar-refractivity contribution is 0.378. The van der Waals surface area contributed by atoms with Crippen LogP contribution in [0.5, 0.6) is 5.75 Å². The molecule has 2 heterocycles. The van der Waals surface area contributed by atoms with Gasteiger partial charge in [0.2, 0.25) is 0 Å². The Labute approximate surface area is 145 Å². The van der Waals surface area contributed by atoms with Gasteiger partial charge in [0.15, 0.2) is 0 Å². The van der Waals surface area contributed by atoms with E-state index in [1.807, 2.05) is 6.07 Å². The van der Waals surface area contributed by atoms with Gasteiger partial charge in [-0.2, -0.15) is 0 Å². The summed E-state index contributed by atoms with van der Waals surface area (Å²) in [5.74, 6) is 1.65. The molecule has 1 aliphatic heterocycles. The van der Waals surface area contributed by atoms with Crippen LogP contribution in [-0.2, 0) is 6.42 Å². The average Bonchev–Trinajstić information content (AvgIpc) is 2.93. The molecule has 3 rings (SSSR count). The van der Waals surface area contributed by atoms with Crippen molar-refractivity contribution in [3.05, 3.63) is 41.1 Å². The first-order chi connectivity index (χ1) is 11.6. The number of nitrogens with one attached hydrogen (secondary N) is 2. The van der Waals surface area contributed by atoms with Gasteiger partial charge in [-0.15, -0.1) is 0 Å². The molecule has 130 valence electrons. The number of allylic oxidation sites excluding steroid dienone is 2. The SMILES string of the molecule is COc1ccc2[nH]c3c(c2c1)CCN[C@H]3C[C@@H](C)CCC=C(C)C. The van der Waals surface area contributed by atoms with Crippen LogP contribution in [0.1, 0.15) is 57.3 Å². The van der Waals surface area contributed by atoms with Crippen LogP contribution in [0.2, 0.25) is 0 Å². The van der Waals surface area contributed by atoms with E-state index >= 15 is 0 Å². The number of fused-ring (bicyclic) bond motifs is 3. The van der Waals surface area contributed by atoms with Crippen molar-refractivity contribution in [1.82, 2.24) is 10.3 Å². The zero-order valence-corrected chi connectivity index (χ0v) is 15.4. The average molecular weight is 326 g/mol. The van der Waals surface area contributed by atoms with E-state index in [4.69, 9.17) is 4.74 Å². The second-order valence-electron chi connectivity index (χ2n) is 7.39. The van der Waals surface area contributed by atoms with Gasteiger partial charge in [0, 0.05) is 22.6 Å². The van der Waals surface area contributed by atoms with Gasteiger partial charge in [0.05, 0.1) is 7.11 Å². The van der Waals surface area contributed by atoms with Gasteiger partial charge in [-0.25, -0.2) is 0 Å². The van der Waals surface area contributed by atoms with Crippen molar-refractivity contribution in [3.63, 3.8) is 0 Å². The normalized spacial score (nSPS) is 18.2. The first-order valence-electron chi connectivity index (χ1n) is 9.13. The largest absolute Gasteiger partial charge is 0.497 e. The van der Waals surface area contributed by atoms with Crippen LogP contribution < -0.4 is 10.1 Å². The number of hydrogen-bond acceptors (Lipinski definition) is 2. The van der Waals surface area contributed by atoms with E-state index < -0.39 is 0 Å².